The van der Waals surface area contributed by atoms with E-state index in [4.69, 9.17) is 9.15 Å². The van der Waals surface area contributed by atoms with Gasteiger partial charge in [0.05, 0.1) is 11.5 Å². The minimum absolute atomic E-state index is 0.123. The second-order valence-electron chi connectivity index (χ2n) is 6.79. The van der Waals surface area contributed by atoms with Crippen LogP contribution in [0.5, 0.6) is 5.75 Å². The van der Waals surface area contributed by atoms with Crippen LogP contribution >= 0.6 is 0 Å². The molecule has 0 spiro atoms. The van der Waals surface area contributed by atoms with Gasteiger partial charge in [-0.2, -0.15) is 0 Å². The van der Waals surface area contributed by atoms with E-state index in [2.05, 4.69) is 10.3 Å². The maximum Gasteiger partial charge on any atom is 0.311 e. The maximum atomic E-state index is 12.8. The highest BCUT2D eigenvalue weighted by molar-refractivity contribution is 6.05. The van der Waals surface area contributed by atoms with E-state index in [-0.39, 0.29) is 23.6 Å². The van der Waals surface area contributed by atoms with E-state index in [0.29, 0.717) is 17.2 Å². The highest BCUT2D eigenvalue weighted by atomic mass is 16.6. The monoisotopic (exact) mass is 417 g/mol. The van der Waals surface area contributed by atoms with Crippen molar-refractivity contribution in [1.29, 1.82) is 0 Å². The van der Waals surface area contributed by atoms with Crippen LogP contribution in [0.4, 0.5) is 11.4 Å². The van der Waals surface area contributed by atoms with Crippen molar-refractivity contribution in [2.45, 2.75) is 13.8 Å². The number of fused-ring (bicyclic) bond motifs is 1. The number of carbonyl (C=O) groups excluding carboxylic acids is 1. The predicted molar refractivity (Wildman–Crippen MR) is 116 cm³/mol. The number of nitro groups is 1. The summed E-state index contributed by atoms with van der Waals surface area (Å²) in [5.41, 5.74) is 3.38. The number of hydrogen-bond donors (Lipinski definition) is 1. The normalized spacial score (nSPS) is 10.8. The minimum Gasteiger partial charge on any atom is -0.487 e. The number of anilines is 1. The van der Waals surface area contributed by atoms with E-state index in [9.17, 15) is 14.9 Å². The molecule has 0 unspecified atom stereocenters. The van der Waals surface area contributed by atoms with Crippen LogP contribution in [0.25, 0.3) is 22.6 Å². The lowest BCUT2D eigenvalue weighted by molar-refractivity contribution is -0.385. The fourth-order valence-electron chi connectivity index (χ4n) is 3.26. The molecule has 0 aliphatic carbocycles. The van der Waals surface area contributed by atoms with Crippen LogP contribution in [0.2, 0.25) is 0 Å². The Morgan fingerprint density at radius 2 is 1.97 bits per heavy atom. The number of benzene rings is 3. The van der Waals surface area contributed by atoms with Gasteiger partial charge in [-0.3, -0.25) is 14.9 Å². The molecule has 8 heteroatoms. The van der Waals surface area contributed by atoms with Crippen molar-refractivity contribution in [2.75, 3.05) is 11.9 Å². The molecule has 1 aromatic heterocycles. The second kappa shape index (κ2) is 8.27. The maximum absolute atomic E-state index is 12.8. The zero-order chi connectivity index (χ0) is 22.0. The number of nitro benzene ring substituents is 1. The van der Waals surface area contributed by atoms with E-state index in [1.807, 2.05) is 37.3 Å². The molecule has 1 heterocycles. The van der Waals surface area contributed by atoms with Crippen molar-refractivity contribution >= 4 is 28.4 Å². The van der Waals surface area contributed by atoms with Gasteiger partial charge in [-0.15, -0.1) is 0 Å². The van der Waals surface area contributed by atoms with Gasteiger partial charge in [-0.25, -0.2) is 4.98 Å². The largest absolute Gasteiger partial charge is 0.487 e. The Labute approximate surface area is 177 Å². The highest BCUT2D eigenvalue weighted by Gasteiger charge is 2.20. The van der Waals surface area contributed by atoms with Crippen molar-refractivity contribution in [3.05, 3.63) is 81.9 Å². The number of rotatable bonds is 6. The highest BCUT2D eigenvalue weighted by Crippen LogP contribution is 2.32. The summed E-state index contributed by atoms with van der Waals surface area (Å²) in [7, 11) is 0. The lowest BCUT2D eigenvalue weighted by Gasteiger charge is -2.11. The number of para-hydroxylation sites is 2. The molecule has 156 valence electrons. The predicted octanol–water partition coefficient (Wildman–Crippen LogP) is 5.36. The van der Waals surface area contributed by atoms with E-state index < -0.39 is 10.8 Å². The second-order valence-corrected chi connectivity index (χ2v) is 6.79. The van der Waals surface area contributed by atoms with Crippen LogP contribution < -0.4 is 10.1 Å². The van der Waals surface area contributed by atoms with Crippen LogP contribution in [-0.2, 0) is 0 Å². The molecule has 0 fully saturated rings. The first-order valence-electron chi connectivity index (χ1n) is 9.66. The van der Waals surface area contributed by atoms with Crippen molar-refractivity contribution in [3.63, 3.8) is 0 Å². The molecule has 0 aliphatic heterocycles. The Morgan fingerprint density at radius 3 is 2.71 bits per heavy atom. The smallest absolute Gasteiger partial charge is 0.311 e. The van der Waals surface area contributed by atoms with E-state index in [0.717, 1.165) is 16.6 Å². The number of amides is 1. The number of hydrogen-bond acceptors (Lipinski definition) is 6. The summed E-state index contributed by atoms with van der Waals surface area (Å²) in [6, 6.07) is 17.0. The van der Waals surface area contributed by atoms with Gasteiger partial charge in [0.1, 0.15) is 5.52 Å². The summed E-state index contributed by atoms with van der Waals surface area (Å²) in [5, 5.41) is 14.2. The molecule has 31 heavy (non-hydrogen) atoms. The number of nitrogens with one attached hydrogen (secondary N) is 1. The molecule has 1 N–H and O–H groups in total. The van der Waals surface area contributed by atoms with Gasteiger partial charge < -0.3 is 14.5 Å². The zero-order valence-corrected chi connectivity index (χ0v) is 16.9. The average Bonchev–Trinajstić information content (AvgIpc) is 3.19. The summed E-state index contributed by atoms with van der Waals surface area (Å²) < 4.78 is 11.1. The van der Waals surface area contributed by atoms with Gasteiger partial charge in [0.2, 0.25) is 5.89 Å². The molecule has 0 bridgehead atoms. The van der Waals surface area contributed by atoms with Gasteiger partial charge in [0, 0.05) is 22.9 Å². The third-order valence-corrected chi connectivity index (χ3v) is 4.82. The van der Waals surface area contributed by atoms with Crippen molar-refractivity contribution < 1.29 is 18.9 Å². The van der Waals surface area contributed by atoms with Crippen molar-refractivity contribution in [1.82, 2.24) is 4.98 Å². The van der Waals surface area contributed by atoms with Crippen LogP contribution in [-0.4, -0.2) is 22.4 Å². The third kappa shape index (κ3) is 3.95. The summed E-state index contributed by atoms with van der Waals surface area (Å²) in [6.07, 6.45) is 0. The summed E-state index contributed by atoms with van der Waals surface area (Å²) in [5.74, 6) is 0.105. The molecule has 0 radical (unpaired) electrons. The topological polar surface area (TPSA) is 108 Å². The Morgan fingerprint density at radius 1 is 1.16 bits per heavy atom. The van der Waals surface area contributed by atoms with Crippen LogP contribution in [0.15, 0.2) is 65.1 Å². The minimum atomic E-state index is -0.569. The van der Waals surface area contributed by atoms with Gasteiger partial charge in [0.25, 0.3) is 5.91 Å². The number of ether oxygens (including phenoxy) is 1. The molecule has 1 amide bonds. The third-order valence-electron chi connectivity index (χ3n) is 4.82. The molecule has 0 aliphatic rings. The first kappa shape index (κ1) is 20.1. The van der Waals surface area contributed by atoms with E-state index >= 15 is 0 Å². The Kier molecular flexibility index (Phi) is 5.36. The summed E-state index contributed by atoms with van der Waals surface area (Å²) >= 11 is 0. The van der Waals surface area contributed by atoms with Crippen LogP contribution in [0, 0.1) is 17.0 Å². The van der Waals surface area contributed by atoms with Gasteiger partial charge in [-0.1, -0.05) is 18.2 Å². The molecule has 4 aromatic rings. The van der Waals surface area contributed by atoms with Crippen molar-refractivity contribution in [2.24, 2.45) is 0 Å². The van der Waals surface area contributed by atoms with E-state index in [1.165, 1.54) is 18.2 Å². The first-order chi connectivity index (χ1) is 15.0. The lowest BCUT2D eigenvalue weighted by atomic mass is 10.1. The summed E-state index contributed by atoms with van der Waals surface area (Å²) in [4.78, 5) is 28.1. The van der Waals surface area contributed by atoms with E-state index in [1.54, 1.807) is 19.1 Å². The standard InChI is InChI=1S/C23H19N3O5/c1-3-30-21-12-11-15(13-19(21)26(28)29)22(27)24-17-9-6-7-16(14(17)2)23-25-18-8-4-5-10-20(18)31-23/h4-13H,3H2,1-2H3,(H,24,27). The lowest BCUT2D eigenvalue weighted by Crippen LogP contribution is -2.13. The quantitative estimate of drug-likeness (QED) is 0.334. The van der Waals surface area contributed by atoms with Gasteiger partial charge >= 0.3 is 5.69 Å². The molecule has 3 aromatic carbocycles. The number of aromatic nitrogens is 1. The van der Waals surface area contributed by atoms with Crippen molar-refractivity contribution in [3.8, 4) is 17.2 Å². The molecule has 8 nitrogen and oxygen atoms in total. The fraction of sp³-hybridized carbons (Fsp3) is 0.130. The van der Waals surface area contributed by atoms with Gasteiger partial charge in [0.15, 0.2) is 11.3 Å². The zero-order valence-electron chi connectivity index (χ0n) is 16.9. The number of carbonyl (C=O) groups is 1. The van der Waals surface area contributed by atoms with Gasteiger partial charge in [-0.05, 0) is 55.8 Å². The van der Waals surface area contributed by atoms with Crippen LogP contribution in [0.1, 0.15) is 22.8 Å². The summed E-state index contributed by atoms with van der Waals surface area (Å²) in [6.45, 7) is 3.87. The molecule has 0 saturated carbocycles. The number of oxazole rings is 1. The number of nitrogens with zero attached hydrogens (tertiary/aromatic N) is 2. The molecular weight excluding hydrogens is 398 g/mol. The Balaban J connectivity index is 1.64. The molecule has 4 rings (SSSR count). The Hall–Kier alpha value is -4.20. The SMILES string of the molecule is CCOc1ccc(C(=O)Nc2cccc(-c3nc4ccccc4o3)c2C)cc1[N+](=O)[O-]. The molecule has 0 saturated heterocycles. The average molecular weight is 417 g/mol. The molecular formula is C23H19N3O5. The molecule has 0 atom stereocenters. The Bertz CT molecular complexity index is 1260. The fourth-order valence-corrected chi connectivity index (χ4v) is 3.26. The van der Waals surface area contributed by atoms with Crippen LogP contribution in [0.3, 0.4) is 0 Å². The first-order valence-corrected chi connectivity index (χ1v) is 9.66.